The van der Waals surface area contributed by atoms with E-state index in [4.69, 9.17) is 0 Å². The molecular formula is C10H11S. The van der Waals surface area contributed by atoms with Crippen LogP contribution in [0.25, 0.3) is 0 Å². The second kappa shape index (κ2) is 4.24. The van der Waals surface area contributed by atoms with Crippen molar-refractivity contribution >= 4 is 11.8 Å². The van der Waals surface area contributed by atoms with Crippen LogP contribution in [0.15, 0.2) is 41.8 Å². The molecular weight excluding hydrogens is 152 g/mol. The number of hydrogen-bond donors (Lipinski definition) is 0. The van der Waals surface area contributed by atoms with Crippen LogP contribution in [0.1, 0.15) is 5.56 Å². The zero-order chi connectivity index (χ0) is 8.10. The summed E-state index contributed by atoms with van der Waals surface area (Å²) in [4.78, 5) is 1.28. The molecule has 0 N–H and O–H groups in total. The van der Waals surface area contributed by atoms with Gasteiger partial charge in [-0.1, -0.05) is 18.2 Å². The van der Waals surface area contributed by atoms with E-state index in [0.717, 1.165) is 11.3 Å². The lowest BCUT2D eigenvalue weighted by Crippen LogP contribution is -1.74. The van der Waals surface area contributed by atoms with Crippen molar-refractivity contribution in [2.45, 2.75) is 4.90 Å². The molecule has 1 radical (unpaired) electrons. The Bertz CT molecular complexity index is 223. The van der Waals surface area contributed by atoms with Gasteiger partial charge in [-0.2, -0.15) is 0 Å². The van der Waals surface area contributed by atoms with E-state index in [1.807, 2.05) is 18.2 Å². The fourth-order valence-electron chi connectivity index (χ4n) is 0.741. The predicted molar refractivity (Wildman–Crippen MR) is 51.8 cm³/mol. The van der Waals surface area contributed by atoms with E-state index in [2.05, 4.69) is 25.6 Å². The van der Waals surface area contributed by atoms with E-state index in [1.54, 1.807) is 11.8 Å². The first-order valence-corrected chi connectivity index (χ1v) is 4.47. The van der Waals surface area contributed by atoms with Crippen molar-refractivity contribution in [3.8, 4) is 0 Å². The minimum absolute atomic E-state index is 0.969. The van der Waals surface area contributed by atoms with E-state index in [-0.39, 0.29) is 0 Å². The summed E-state index contributed by atoms with van der Waals surface area (Å²) in [5, 5.41) is 0. The lowest BCUT2D eigenvalue weighted by atomic mass is 10.2. The Balaban J connectivity index is 2.58. The van der Waals surface area contributed by atoms with Gasteiger partial charge in [0.25, 0.3) is 0 Å². The van der Waals surface area contributed by atoms with E-state index in [9.17, 15) is 0 Å². The summed E-state index contributed by atoms with van der Waals surface area (Å²) in [5.74, 6) is 0.969. The first kappa shape index (κ1) is 8.41. The minimum Gasteiger partial charge on any atom is -0.122 e. The average Bonchev–Trinajstić information content (AvgIpc) is 2.04. The third kappa shape index (κ3) is 2.81. The summed E-state index contributed by atoms with van der Waals surface area (Å²) in [6.07, 6.45) is 1.91. The molecule has 57 valence electrons. The van der Waals surface area contributed by atoms with Gasteiger partial charge in [-0.25, -0.2) is 0 Å². The van der Waals surface area contributed by atoms with Crippen LogP contribution in [-0.4, -0.2) is 5.75 Å². The van der Waals surface area contributed by atoms with Crippen LogP contribution in [0.5, 0.6) is 0 Å². The highest BCUT2D eigenvalue weighted by Gasteiger charge is 1.89. The standard InChI is InChI=1S/C10H11S/c1-3-8-11-10-6-4-9(2)5-7-10/h3-7H,1-2,8H2. The van der Waals surface area contributed by atoms with Gasteiger partial charge < -0.3 is 0 Å². The Morgan fingerprint density at radius 1 is 1.27 bits per heavy atom. The van der Waals surface area contributed by atoms with Gasteiger partial charge in [0, 0.05) is 10.6 Å². The minimum atomic E-state index is 0.969. The number of benzene rings is 1. The van der Waals surface area contributed by atoms with Crippen LogP contribution < -0.4 is 0 Å². The van der Waals surface area contributed by atoms with Gasteiger partial charge in [-0.05, 0) is 24.6 Å². The lowest BCUT2D eigenvalue weighted by molar-refractivity contribution is 1.43. The quantitative estimate of drug-likeness (QED) is 0.487. The Morgan fingerprint density at radius 3 is 2.45 bits per heavy atom. The average molecular weight is 163 g/mol. The molecule has 0 bridgehead atoms. The highest BCUT2D eigenvalue weighted by atomic mass is 32.2. The summed E-state index contributed by atoms with van der Waals surface area (Å²) in [5.41, 5.74) is 1.06. The third-order valence-electron chi connectivity index (χ3n) is 1.29. The lowest BCUT2D eigenvalue weighted by Gasteiger charge is -1.97. The molecule has 0 aliphatic carbocycles. The molecule has 0 amide bonds. The second-order valence-electron chi connectivity index (χ2n) is 2.24. The Morgan fingerprint density at radius 2 is 1.91 bits per heavy atom. The summed E-state index contributed by atoms with van der Waals surface area (Å²) in [6.45, 7) is 7.47. The van der Waals surface area contributed by atoms with E-state index in [0.29, 0.717) is 0 Å². The zero-order valence-electron chi connectivity index (χ0n) is 6.42. The molecule has 0 spiro atoms. The Labute approximate surface area is 72.3 Å². The monoisotopic (exact) mass is 163 g/mol. The highest BCUT2D eigenvalue weighted by molar-refractivity contribution is 7.99. The molecule has 0 saturated heterocycles. The summed E-state index contributed by atoms with van der Waals surface area (Å²) >= 11 is 1.78. The Kier molecular flexibility index (Phi) is 3.24. The van der Waals surface area contributed by atoms with Crippen molar-refractivity contribution in [3.05, 3.63) is 49.4 Å². The molecule has 0 atom stereocenters. The second-order valence-corrected chi connectivity index (χ2v) is 3.34. The normalized spacial score (nSPS) is 9.55. The molecule has 0 heterocycles. The van der Waals surface area contributed by atoms with Gasteiger partial charge in [-0.3, -0.25) is 0 Å². The summed E-state index contributed by atoms with van der Waals surface area (Å²) < 4.78 is 0. The fourth-order valence-corrected chi connectivity index (χ4v) is 1.38. The van der Waals surface area contributed by atoms with Crippen molar-refractivity contribution in [1.82, 2.24) is 0 Å². The van der Waals surface area contributed by atoms with E-state index < -0.39 is 0 Å². The molecule has 0 nitrogen and oxygen atoms in total. The summed E-state index contributed by atoms with van der Waals surface area (Å²) in [6, 6.07) is 8.20. The molecule has 1 heteroatoms. The molecule has 0 unspecified atom stereocenters. The van der Waals surface area contributed by atoms with Crippen LogP contribution in [0.4, 0.5) is 0 Å². The van der Waals surface area contributed by atoms with E-state index >= 15 is 0 Å². The van der Waals surface area contributed by atoms with Crippen LogP contribution in [0, 0.1) is 6.92 Å². The molecule has 0 fully saturated rings. The molecule has 0 aliphatic rings. The highest BCUT2D eigenvalue weighted by Crippen LogP contribution is 2.17. The van der Waals surface area contributed by atoms with Crippen molar-refractivity contribution in [1.29, 1.82) is 0 Å². The predicted octanol–water partition coefficient (Wildman–Crippen LogP) is 3.15. The molecule has 0 aliphatic heterocycles. The fraction of sp³-hybridized carbons (Fsp3) is 0.100. The first-order chi connectivity index (χ1) is 5.33. The topological polar surface area (TPSA) is 0 Å². The number of thioether (sulfide) groups is 1. The molecule has 0 saturated carbocycles. The van der Waals surface area contributed by atoms with Crippen LogP contribution in [-0.2, 0) is 0 Å². The van der Waals surface area contributed by atoms with Gasteiger partial charge in [0.2, 0.25) is 0 Å². The zero-order valence-corrected chi connectivity index (χ0v) is 7.23. The smallest absolute Gasteiger partial charge is 0.0158 e. The number of hydrogen-bond acceptors (Lipinski definition) is 1. The van der Waals surface area contributed by atoms with E-state index in [1.165, 1.54) is 4.90 Å². The maximum absolute atomic E-state index is 3.81. The SMILES string of the molecule is [CH2]c1ccc(SCC=C)cc1. The largest absolute Gasteiger partial charge is 0.122 e. The molecule has 1 rings (SSSR count). The maximum atomic E-state index is 3.81. The van der Waals surface area contributed by atoms with Crippen molar-refractivity contribution in [3.63, 3.8) is 0 Å². The van der Waals surface area contributed by atoms with Crippen LogP contribution >= 0.6 is 11.8 Å². The van der Waals surface area contributed by atoms with Gasteiger partial charge in [0.15, 0.2) is 0 Å². The van der Waals surface area contributed by atoms with Gasteiger partial charge in [0.1, 0.15) is 0 Å². The molecule has 0 aromatic heterocycles. The van der Waals surface area contributed by atoms with Crippen molar-refractivity contribution in [2.75, 3.05) is 5.75 Å². The number of rotatable bonds is 3. The first-order valence-electron chi connectivity index (χ1n) is 3.48. The molecule has 11 heavy (non-hydrogen) atoms. The Hall–Kier alpha value is -0.690. The third-order valence-corrected chi connectivity index (χ3v) is 2.30. The van der Waals surface area contributed by atoms with Crippen molar-refractivity contribution < 1.29 is 0 Å². The maximum Gasteiger partial charge on any atom is 0.0158 e. The summed E-state index contributed by atoms with van der Waals surface area (Å²) in [7, 11) is 0. The van der Waals surface area contributed by atoms with Gasteiger partial charge >= 0.3 is 0 Å². The molecule has 1 aromatic rings. The molecule has 1 aromatic carbocycles. The van der Waals surface area contributed by atoms with Gasteiger partial charge in [0.05, 0.1) is 0 Å². The van der Waals surface area contributed by atoms with Gasteiger partial charge in [-0.15, -0.1) is 18.3 Å². The van der Waals surface area contributed by atoms with Crippen LogP contribution in [0.3, 0.4) is 0 Å². The van der Waals surface area contributed by atoms with Crippen molar-refractivity contribution in [2.24, 2.45) is 0 Å². The van der Waals surface area contributed by atoms with Crippen LogP contribution in [0.2, 0.25) is 0 Å².